The van der Waals surface area contributed by atoms with Gasteiger partial charge in [-0.15, -0.1) is 0 Å². The lowest BCUT2D eigenvalue weighted by atomic mass is 10.1. The summed E-state index contributed by atoms with van der Waals surface area (Å²) in [6.07, 6.45) is 0.363. The molecule has 0 radical (unpaired) electrons. The maximum Gasteiger partial charge on any atom is 0.239 e. The number of hydrogen-bond donors (Lipinski definition) is 2. The minimum atomic E-state index is -3.00. The van der Waals surface area contributed by atoms with Gasteiger partial charge in [-0.05, 0) is 24.1 Å². The number of phenols is 1. The summed E-state index contributed by atoms with van der Waals surface area (Å²) in [7, 11) is -3.00. The number of amides is 1. The van der Waals surface area contributed by atoms with E-state index in [0.29, 0.717) is 6.42 Å². The van der Waals surface area contributed by atoms with Crippen molar-refractivity contribution in [2.45, 2.75) is 12.5 Å². The molecule has 1 fully saturated rings. The lowest BCUT2D eigenvalue weighted by Crippen LogP contribution is -2.50. The van der Waals surface area contributed by atoms with Gasteiger partial charge in [0.1, 0.15) is 5.75 Å². The fourth-order valence-electron chi connectivity index (χ4n) is 2.14. The molecule has 1 heterocycles. The predicted molar refractivity (Wildman–Crippen MR) is 75.0 cm³/mol. The van der Waals surface area contributed by atoms with Crippen molar-refractivity contribution in [3.8, 4) is 5.75 Å². The van der Waals surface area contributed by atoms with Gasteiger partial charge in [-0.1, -0.05) is 12.1 Å². The molecule has 110 valence electrons. The summed E-state index contributed by atoms with van der Waals surface area (Å²) < 4.78 is 22.6. The molecule has 0 saturated carbocycles. The van der Waals surface area contributed by atoms with Crippen LogP contribution >= 0.6 is 0 Å². The number of hydrogen-bond acceptors (Lipinski definition) is 5. The van der Waals surface area contributed by atoms with Crippen molar-refractivity contribution < 1.29 is 18.3 Å². The third-order valence-electron chi connectivity index (χ3n) is 3.37. The average Bonchev–Trinajstić information content (AvgIpc) is 2.40. The molecule has 0 unspecified atom stereocenters. The molecule has 1 aliphatic rings. The van der Waals surface area contributed by atoms with Gasteiger partial charge in [-0.2, -0.15) is 0 Å². The molecule has 0 aliphatic carbocycles. The standard InChI is InChI=1S/C13H18N2O4S/c14-12(9-10-1-3-11(16)4-2-10)13(17)15-5-7-20(18,19)8-6-15/h1-4,12,16H,5-9,14H2/t12-/m0/s1. The first-order valence-corrected chi connectivity index (χ1v) is 8.22. The Morgan fingerprint density at radius 2 is 1.80 bits per heavy atom. The van der Waals surface area contributed by atoms with Gasteiger partial charge in [0.2, 0.25) is 5.91 Å². The van der Waals surface area contributed by atoms with E-state index in [9.17, 15) is 18.3 Å². The molecule has 7 heteroatoms. The molecule has 1 amide bonds. The number of carbonyl (C=O) groups is 1. The number of rotatable bonds is 3. The molecule has 2 rings (SSSR count). The van der Waals surface area contributed by atoms with Gasteiger partial charge >= 0.3 is 0 Å². The minimum Gasteiger partial charge on any atom is -0.508 e. The zero-order chi connectivity index (χ0) is 14.8. The summed E-state index contributed by atoms with van der Waals surface area (Å²) in [6, 6.07) is 5.81. The van der Waals surface area contributed by atoms with E-state index in [1.165, 1.54) is 4.90 Å². The first-order valence-electron chi connectivity index (χ1n) is 6.40. The third kappa shape index (κ3) is 3.71. The van der Waals surface area contributed by atoms with Crippen LogP contribution in [0, 0.1) is 0 Å². The predicted octanol–water partition coefficient (Wildman–Crippen LogP) is -0.481. The van der Waals surface area contributed by atoms with Crippen molar-refractivity contribution >= 4 is 15.7 Å². The van der Waals surface area contributed by atoms with Crippen LogP contribution in [0.25, 0.3) is 0 Å². The number of nitrogens with zero attached hydrogens (tertiary/aromatic N) is 1. The monoisotopic (exact) mass is 298 g/mol. The fraction of sp³-hybridized carbons (Fsp3) is 0.462. The van der Waals surface area contributed by atoms with Gasteiger partial charge in [0, 0.05) is 13.1 Å². The summed E-state index contributed by atoms with van der Waals surface area (Å²) >= 11 is 0. The lowest BCUT2D eigenvalue weighted by Gasteiger charge is -2.29. The Morgan fingerprint density at radius 1 is 1.25 bits per heavy atom. The molecular weight excluding hydrogens is 280 g/mol. The Kier molecular flexibility index (Phi) is 4.29. The van der Waals surface area contributed by atoms with Crippen molar-refractivity contribution in [3.05, 3.63) is 29.8 Å². The van der Waals surface area contributed by atoms with Crippen LogP contribution < -0.4 is 5.73 Å². The largest absolute Gasteiger partial charge is 0.508 e. The Labute approximate surface area is 118 Å². The number of aromatic hydroxyl groups is 1. The van der Waals surface area contributed by atoms with Crippen LogP contribution in [0.3, 0.4) is 0 Å². The molecule has 1 saturated heterocycles. The molecule has 1 atom stereocenters. The zero-order valence-electron chi connectivity index (χ0n) is 11.0. The van der Waals surface area contributed by atoms with Gasteiger partial charge in [-0.25, -0.2) is 8.42 Å². The Balaban J connectivity index is 1.94. The maximum absolute atomic E-state index is 12.1. The summed E-state index contributed by atoms with van der Waals surface area (Å²) in [5, 5.41) is 9.19. The second-order valence-corrected chi connectivity index (χ2v) is 7.26. The van der Waals surface area contributed by atoms with E-state index in [1.807, 2.05) is 0 Å². The number of sulfone groups is 1. The molecule has 3 N–H and O–H groups in total. The van der Waals surface area contributed by atoms with Crippen molar-refractivity contribution in [2.75, 3.05) is 24.6 Å². The highest BCUT2D eigenvalue weighted by Crippen LogP contribution is 2.12. The number of benzene rings is 1. The normalized spacial score (nSPS) is 19.6. The summed E-state index contributed by atoms with van der Waals surface area (Å²) in [5.74, 6) is -0.0575. The zero-order valence-corrected chi connectivity index (χ0v) is 11.8. The molecule has 0 spiro atoms. The minimum absolute atomic E-state index is 0.00463. The van der Waals surface area contributed by atoms with Gasteiger partial charge in [0.25, 0.3) is 0 Å². The van der Waals surface area contributed by atoms with Crippen LogP contribution in [0.15, 0.2) is 24.3 Å². The molecule has 20 heavy (non-hydrogen) atoms. The van der Waals surface area contributed by atoms with E-state index in [0.717, 1.165) is 5.56 Å². The van der Waals surface area contributed by atoms with E-state index < -0.39 is 15.9 Å². The van der Waals surface area contributed by atoms with Gasteiger partial charge < -0.3 is 15.7 Å². The van der Waals surface area contributed by atoms with Crippen LogP contribution in [0.2, 0.25) is 0 Å². The van der Waals surface area contributed by atoms with E-state index in [2.05, 4.69) is 0 Å². The first-order chi connectivity index (χ1) is 9.37. The van der Waals surface area contributed by atoms with Crippen LogP contribution in [0.5, 0.6) is 5.75 Å². The van der Waals surface area contributed by atoms with Crippen LogP contribution in [0.1, 0.15) is 5.56 Å². The summed E-state index contributed by atoms with van der Waals surface area (Å²) in [5.41, 5.74) is 6.74. The van der Waals surface area contributed by atoms with Gasteiger partial charge in [0.05, 0.1) is 17.5 Å². The Hall–Kier alpha value is -1.60. The van der Waals surface area contributed by atoms with Crippen LogP contribution in [0.4, 0.5) is 0 Å². The van der Waals surface area contributed by atoms with E-state index >= 15 is 0 Å². The smallest absolute Gasteiger partial charge is 0.239 e. The Morgan fingerprint density at radius 3 is 2.35 bits per heavy atom. The first kappa shape index (κ1) is 14.8. The quantitative estimate of drug-likeness (QED) is 0.785. The lowest BCUT2D eigenvalue weighted by molar-refractivity contribution is -0.132. The maximum atomic E-state index is 12.1. The highest BCUT2D eigenvalue weighted by atomic mass is 32.2. The highest BCUT2D eigenvalue weighted by Gasteiger charge is 2.28. The molecule has 0 aromatic heterocycles. The third-order valence-corrected chi connectivity index (χ3v) is 4.97. The topological polar surface area (TPSA) is 101 Å². The van der Waals surface area contributed by atoms with Crippen molar-refractivity contribution in [1.29, 1.82) is 0 Å². The molecule has 1 aliphatic heterocycles. The van der Waals surface area contributed by atoms with E-state index in [-0.39, 0.29) is 36.3 Å². The SMILES string of the molecule is N[C@@H](Cc1ccc(O)cc1)C(=O)N1CCS(=O)(=O)CC1. The van der Waals surface area contributed by atoms with Gasteiger partial charge in [-0.3, -0.25) is 4.79 Å². The van der Waals surface area contributed by atoms with Crippen molar-refractivity contribution in [2.24, 2.45) is 5.73 Å². The second-order valence-electron chi connectivity index (χ2n) is 4.95. The van der Waals surface area contributed by atoms with Crippen LogP contribution in [-0.2, 0) is 21.1 Å². The fourth-order valence-corrected chi connectivity index (χ4v) is 3.34. The summed E-state index contributed by atoms with van der Waals surface area (Å²) in [4.78, 5) is 13.6. The Bertz CT molecular complexity index is 569. The number of nitrogens with two attached hydrogens (primary N) is 1. The number of phenolic OH excluding ortho intramolecular Hbond substituents is 1. The van der Waals surface area contributed by atoms with Crippen molar-refractivity contribution in [3.63, 3.8) is 0 Å². The molecular formula is C13H18N2O4S. The average molecular weight is 298 g/mol. The van der Waals surface area contributed by atoms with Crippen LogP contribution in [-0.4, -0.2) is 55.0 Å². The summed E-state index contributed by atoms with van der Waals surface area (Å²) in [6.45, 7) is 0.425. The number of carbonyl (C=O) groups excluding carboxylic acids is 1. The van der Waals surface area contributed by atoms with Crippen molar-refractivity contribution in [1.82, 2.24) is 4.90 Å². The molecule has 1 aromatic rings. The molecule has 1 aromatic carbocycles. The second kappa shape index (κ2) is 5.80. The molecule has 6 nitrogen and oxygen atoms in total. The highest BCUT2D eigenvalue weighted by molar-refractivity contribution is 7.91. The van der Waals surface area contributed by atoms with E-state index in [1.54, 1.807) is 24.3 Å². The molecule has 0 bridgehead atoms. The van der Waals surface area contributed by atoms with E-state index in [4.69, 9.17) is 5.73 Å². The van der Waals surface area contributed by atoms with Gasteiger partial charge in [0.15, 0.2) is 9.84 Å².